The van der Waals surface area contributed by atoms with Gasteiger partial charge >= 0.3 is 35.9 Å². The van der Waals surface area contributed by atoms with Gasteiger partial charge in [0.25, 0.3) is 0 Å². The molecule has 0 unspecified atom stereocenters. The number of piperazine rings is 2. The van der Waals surface area contributed by atoms with Crippen LogP contribution in [0.15, 0.2) is 177 Å². The zero-order valence-electron chi connectivity index (χ0n) is 54.4. The predicted molar refractivity (Wildman–Crippen MR) is 376 cm³/mol. The van der Waals surface area contributed by atoms with Crippen molar-refractivity contribution in [2.75, 3.05) is 88.5 Å². The normalized spacial score (nSPS) is 19.1. The van der Waals surface area contributed by atoms with Crippen LogP contribution in [0.2, 0.25) is 10.0 Å². The summed E-state index contributed by atoms with van der Waals surface area (Å²) in [6, 6.07) is 27.3. The van der Waals surface area contributed by atoms with Crippen molar-refractivity contribution in [3.05, 3.63) is 233 Å². The summed E-state index contributed by atoms with van der Waals surface area (Å²) in [5.74, 6) is -5.30. The zero-order valence-corrected chi connectivity index (χ0v) is 57.5. The third kappa shape index (κ3) is 14.6. The Morgan fingerprint density at radius 1 is 0.549 bits per heavy atom. The lowest BCUT2D eigenvalue weighted by molar-refractivity contribution is -0.139. The number of benzene rings is 6. The van der Waals surface area contributed by atoms with Crippen LogP contribution < -0.4 is 20.4 Å². The van der Waals surface area contributed by atoms with Crippen molar-refractivity contribution in [3.63, 3.8) is 0 Å². The maximum absolute atomic E-state index is 14.7. The Morgan fingerprint density at radius 2 is 1.02 bits per heavy atom. The van der Waals surface area contributed by atoms with Crippen LogP contribution in [0.4, 0.5) is 38.5 Å². The van der Waals surface area contributed by atoms with E-state index in [4.69, 9.17) is 52.9 Å². The van der Waals surface area contributed by atoms with Crippen molar-refractivity contribution in [3.8, 4) is 22.3 Å². The van der Waals surface area contributed by atoms with E-state index in [0.29, 0.717) is 138 Å². The molecule has 0 spiro atoms. The number of hydrogen-bond acceptors (Lipinski definition) is 18. The molecule has 4 fully saturated rings. The van der Waals surface area contributed by atoms with Crippen LogP contribution in [0.1, 0.15) is 67.8 Å². The van der Waals surface area contributed by atoms with Crippen molar-refractivity contribution in [2.24, 2.45) is 9.98 Å². The van der Waals surface area contributed by atoms with E-state index in [9.17, 15) is 46.3 Å². The lowest BCUT2D eigenvalue weighted by Gasteiger charge is -2.38. The number of carboxylic acids is 2. The first-order valence-corrected chi connectivity index (χ1v) is 34.8. The third-order valence-electron chi connectivity index (χ3n) is 18.1. The number of aliphatic imine (C=N–C) groups is 2. The van der Waals surface area contributed by atoms with Gasteiger partial charge in [0.15, 0.2) is 21.7 Å². The van der Waals surface area contributed by atoms with Crippen LogP contribution >= 0.6 is 45.9 Å². The Balaban J connectivity index is 0.000000182. The van der Waals surface area contributed by atoms with Gasteiger partial charge in [0, 0.05) is 138 Å². The van der Waals surface area contributed by atoms with Crippen LogP contribution in [-0.4, -0.2) is 178 Å². The molecule has 22 nitrogen and oxygen atoms in total. The summed E-state index contributed by atoms with van der Waals surface area (Å²) < 4.78 is 68.1. The van der Waals surface area contributed by atoms with Crippen molar-refractivity contribution in [1.29, 1.82) is 0 Å². The molecule has 0 saturated carbocycles. The molecule has 6 aromatic carbocycles. The first-order valence-electron chi connectivity index (χ1n) is 32.3. The number of nitrogens with zero attached hydrogens (tertiary/aromatic N) is 10. The number of ether oxygens (including phenoxy) is 2. The summed E-state index contributed by atoms with van der Waals surface area (Å²) >= 11 is 15.8. The minimum atomic E-state index is -1.34. The minimum absolute atomic E-state index is 0.123. The highest BCUT2D eigenvalue weighted by Gasteiger charge is 2.45. The minimum Gasteiger partial charge on any atom is -0.478 e. The number of fused-ring (bicyclic) bond motifs is 2. The van der Waals surface area contributed by atoms with Crippen LogP contribution in [-0.2, 0) is 19.1 Å². The molecule has 4 N–H and O–H groups in total. The number of aromatic carboxylic acids is 2. The molecule has 8 heterocycles. The van der Waals surface area contributed by atoms with E-state index in [1.165, 1.54) is 83.3 Å². The first-order chi connectivity index (χ1) is 49.2. The predicted octanol–water partition coefficient (Wildman–Crippen LogP) is 11.9. The van der Waals surface area contributed by atoms with Crippen LogP contribution in [0.25, 0.3) is 22.3 Å². The fourth-order valence-corrected chi connectivity index (χ4v) is 15.0. The van der Waals surface area contributed by atoms with Gasteiger partial charge in [-0.25, -0.2) is 56.3 Å². The van der Waals surface area contributed by atoms with Gasteiger partial charge in [-0.3, -0.25) is 29.6 Å². The van der Waals surface area contributed by atoms with E-state index < -0.39 is 64.8 Å². The molecular weight excluding hydrogens is 1400 g/mol. The molecule has 4 saturated heterocycles. The molecule has 2 aromatic heterocycles. The zero-order chi connectivity index (χ0) is 71.6. The highest BCUT2D eigenvalue weighted by molar-refractivity contribution is 7.12. The van der Waals surface area contributed by atoms with Gasteiger partial charge in [-0.15, -0.1) is 22.7 Å². The van der Waals surface area contributed by atoms with E-state index in [-0.39, 0.29) is 69.7 Å². The van der Waals surface area contributed by atoms with Gasteiger partial charge in [0.1, 0.15) is 35.4 Å². The summed E-state index contributed by atoms with van der Waals surface area (Å²) in [5, 5.41) is 30.0. The Morgan fingerprint density at radius 3 is 1.43 bits per heavy atom. The Hall–Kier alpha value is -10.4. The summed E-state index contributed by atoms with van der Waals surface area (Å²) in [5.41, 5.74) is 5.30. The third-order valence-corrected chi connectivity index (χ3v) is 20.3. The van der Waals surface area contributed by atoms with Gasteiger partial charge in [0.2, 0.25) is 0 Å². The molecule has 6 aliphatic heterocycles. The van der Waals surface area contributed by atoms with Crippen LogP contribution in [0.5, 0.6) is 0 Å². The maximum atomic E-state index is 14.7. The average Bonchev–Trinajstić information content (AvgIpc) is 1.31. The topological polar surface area (TPSA) is 255 Å². The van der Waals surface area contributed by atoms with Crippen molar-refractivity contribution < 1.29 is 66.0 Å². The monoisotopic (exact) mass is 1460 g/mol. The smallest absolute Gasteiger partial charge is 0.338 e. The number of halogens is 6. The molecule has 4 amide bonds. The largest absolute Gasteiger partial charge is 0.478 e. The van der Waals surface area contributed by atoms with Crippen LogP contribution in [0.3, 0.4) is 0 Å². The number of esters is 2. The van der Waals surface area contributed by atoms with E-state index in [1.807, 2.05) is 20.6 Å². The standard InChI is InChI=1S/2C36H31ClF2N6O5S/c1-2-50-35(48)30-29(41-32(33-40-11-14-51-33)42-31(30)26-10-6-22(38)16-27(26)37)19-43-12-13-44-24(17-43)18-45(36(44)49)23-7-3-20(4-8-23)25-9-5-21(34(46)47)15-28(25)39;1-2-50-35(48)30-29(41-32(33-40-11-14-51-33)42-31(30)25-10-6-22(38)16-27(25)37)19-43-12-13-44-24(17-43)18-45(36(44)49)23-7-3-20(4-8-23)21-5-9-26(34(46)47)28(39)15-21/h2*3-11,14-16,24,31H,2,12-13,17-19H2,1H3,(H,41,42)(H,46,47)/t2*24-,31-/m00/s1. The Kier molecular flexibility index (Phi) is 20.7. The molecule has 4 atom stereocenters. The average molecular weight is 1470 g/mol. The van der Waals surface area contributed by atoms with Gasteiger partial charge in [-0.1, -0.05) is 71.7 Å². The lowest BCUT2D eigenvalue weighted by atomic mass is 9.95. The number of aromatic nitrogens is 2. The number of thiazole rings is 2. The number of carboxylic acid groups (broad SMARTS) is 2. The fraction of sp³-hybridized carbons (Fsp3) is 0.250. The number of rotatable bonds is 18. The number of nitrogens with one attached hydrogen (secondary N) is 2. The molecule has 8 aromatic rings. The van der Waals surface area contributed by atoms with Gasteiger partial charge in [-0.2, -0.15) is 0 Å². The Bertz CT molecular complexity index is 4740. The lowest BCUT2D eigenvalue weighted by Crippen LogP contribution is -2.53. The summed E-state index contributed by atoms with van der Waals surface area (Å²) in [6.45, 7) is 8.11. The molecule has 30 heteroatoms. The highest BCUT2D eigenvalue weighted by atomic mass is 35.5. The van der Waals surface area contributed by atoms with E-state index in [1.54, 1.807) is 90.6 Å². The maximum Gasteiger partial charge on any atom is 0.338 e. The van der Waals surface area contributed by atoms with Crippen molar-refractivity contribution in [2.45, 2.75) is 38.0 Å². The summed E-state index contributed by atoms with van der Waals surface area (Å²) in [7, 11) is 0. The van der Waals surface area contributed by atoms with Gasteiger partial charge < -0.3 is 40.1 Å². The summed E-state index contributed by atoms with van der Waals surface area (Å²) in [6.07, 6.45) is 3.31. The van der Waals surface area contributed by atoms with Crippen molar-refractivity contribution >= 4 is 105 Å². The number of carbonyl (C=O) groups excluding carboxylic acids is 4. The highest BCUT2D eigenvalue weighted by Crippen LogP contribution is 2.41. The first kappa shape index (κ1) is 70.1. The van der Waals surface area contributed by atoms with Gasteiger partial charge in [0.05, 0.1) is 47.6 Å². The number of hydrogen-bond donors (Lipinski definition) is 4. The summed E-state index contributed by atoms with van der Waals surface area (Å²) in [4.78, 5) is 106. The second-order valence-corrected chi connectivity index (χ2v) is 26.9. The molecule has 0 bridgehead atoms. The van der Waals surface area contributed by atoms with E-state index in [2.05, 4.69) is 30.4 Å². The molecule has 14 rings (SSSR count). The second-order valence-electron chi connectivity index (χ2n) is 24.3. The molecule has 0 aliphatic carbocycles. The number of amidine groups is 2. The van der Waals surface area contributed by atoms with E-state index in [0.717, 1.165) is 6.07 Å². The molecule has 0 radical (unpaired) electrons. The van der Waals surface area contributed by atoms with Gasteiger partial charge in [-0.05, 0) is 103 Å². The molecule has 524 valence electrons. The SMILES string of the molecule is CCOC(=O)C1=C(CN2CCN3C(=O)N(c4ccc(-c5ccc(C(=O)O)c(F)c5)cc4)C[C@@H]3C2)NC(c2nccs2)=N[C@H]1c1ccc(F)cc1Cl.CCOC(=O)C1=C(CN2CCN3C(=O)N(c4ccc(-c5ccc(C(=O)O)cc5F)cc4)C[C@@H]3C2)NC(c2nccs2)=N[C@H]1c1ccc(F)cc1Cl. The molecular formula is C72H62Cl2F4N12O10S2. The molecule has 102 heavy (non-hydrogen) atoms. The van der Waals surface area contributed by atoms with E-state index >= 15 is 0 Å². The molecule has 6 aliphatic rings. The number of amides is 4. The fourth-order valence-electron chi connectivity index (χ4n) is 13.2. The number of anilines is 2. The quantitative estimate of drug-likeness (QED) is 0.0460. The number of carbonyl (C=O) groups is 6. The van der Waals surface area contributed by atoms with Crippen LogP contribution in [0, 0.1) is 23.3 Å². The number of urea groups is 2. The second kappa shape index (κ2) is 30.1. The Labute approximate surface area is 599 Å². The van der Waals surface area contributed by atoms with Crippen molar-refractivity contribution in [1.82, 2.24) is 40.2 Å².